The zero-order chi connectivity index (χ0) is 12.6. The van der Waals surface area contributed by atoms with Crippen LogP contribution in [0.2, 0.25) is 0 Å². The van der Waals surface area contributed by atoms with E-state index in [1.165, 1.54) is 0 Å². The van der Waals surface area contributed by atoms with Crippen LogP contribution >= 0.6 is 0 Å². The molecule has 0 bridgehead atoms. The predicted octanol–water partition coefficient (Wildman–Crippen LogP) is 2.91. The first-order valence-corrected chi connectivity index (χ1v) is 5.29. The first kappa shape index (κ1) is 11.5. The fourth-order valence-electron chi connectivity index (χ4n) is 1.64. The summed E-state index contributed by atoms with van der Waals surface area (Å²) in [6.45, 7) is 5.50. The smallest absolute Gasteiger partial charge is 0.136 e. The van der Waals surface area contributed by atoms with E-state index in [1.54, 1.807) is 19.2 Å². The molecule has 4 heteroatoms. The third-order valence-electron chi connectivity index (χ3n) is 2.90. The van der Waals surface area contributed by atoms with Crippen molar-refractivity contribution >= 4 is 0 Å². The number of aromatic hydroxyl groups is 1. The maximum Gasteiger partial charge on any atom is 0.136 e. The van der Waals surface area contributed by atoms with E-state index in [2.05, 4.69) is 10.2 Å². The molecule has 3 nitrogen and oxygen atoms in total. The molecule has 1 aromatic heterocycles. The van der Waals surface area contributed by atoms with Crippen LogP contribution in [0.3, 0.4) is 0 Å². The summed E-state index contributed by atoms with van der Waals surface area (Å²) >= 11 is 0. The highest BCUT2D eigenvalue weighted by atomic mass is 19.1. The lowest BCUT2D eigenvalue weighted by molar-refractivity contribution is 0.465. The van der Waals surface area contributed by atoms with Crippen LogP contribution in [0.15, 0.2) is 18.3 Å². The number of aryl methyl sites for hydroxylation is 2. The fraction of sp³-hybridized carbons (Fsp3) is 0.231. The molecule has 1 heterocycles. The summed E-state index contributed by atoms with van der Waals surface area (Å²) in [6.07, 6.45) is 1.64. The normalized spacial score (nSPS) is 10.6. The molecular weight excluding hydrogens is 219 g/mol. The van der Waals surface area contributed by atoms with Gasteiger partial charge in [0.05, 0.1) is 11.9 Å². The molecule has 2 aromatic rings. The van der Waals surface area contributed by atoms with E-state index in [0.29, 0.717) is 16.8 Å². The number of hydrogen-bond donors (Lipinski definition) is 1. The minimum Gasteiger partial charge on any atom is -0.508 e. The SMILES string of the molecule is Cc1cc(-c2nncc(C)c2C)c(F)cc1O. The Hall–Kier alpha value is -1.97. The van der Waals surface area contributed by atoms with Crippen molar-refractivity contribution in [3.8, 4) is 17.0 Å². The highest BCUT2D eigenvalue weighted by molar-refractivity contribution is 5.66. The average molecular weight is 232 g/mol. The number of benzene rings is 1. The van der Waals surface area contributed by atoms with E-state index in [9.17, 15) is 9.50 Å². The van der Waals surface area contributed by atoms with Gasteiger partial charge in [0.15, 0.2) is 0 Å². The zero-order valence-corrected chi connectivity index (χ0v) is 9.95. The van der Waals surface area contributed by atoms with Crippen LogP contribution in [-0.4, -0.2) is 15.3 Å². The molecule has 0 amide bonds. The molecule has 0 radical (unpaired) electrons. The van der Waals surface area contributed by atoms with Crippen LogP contribution in [-0.2, 0) is 0 Å². The van der Waals surface area contributed by atoms with E-state index in [4.69, 9.17) is 0 Å². The summed E-state index contributed by atoms with van der Waals surface area (Å²) in [5.41, 5.74) is 3.35. The van der Waals surface area contributed by atoms with Crippen LogP contribution in [0, 0.1) is 26.6 Å². The van der Waals surface area contributed by atoms with Gasteiger partial charge < -0.3 is 5.11 Å². The molecule has 88 valence electrons. The minimum atomic E-state index is -0.490. The molecule has 0 aliphatic heterocycles. The Morgan fingerprint density at radius 1 is 1.12 bits per heavy atom. The standard InChI is InChI=1S/C13H13FN2O/c1-7-4-10(11(14)5-12(7)17)13-9(3)8(2)6-15-16-13/h4-6,17H,1-3H3. The van der Waals surface area contributed by atoms with Gasteiger partial charge in [0.2, 0.25) is 0 Å². The van der Waals surface area contributed by atoms with Crippen LogP contribution < -0.4 is 0 Å². The zero-order valence-electron chi connectivity index (χ0n) is 9.95. The van der Waals surface area contributed by atoms with Crippen molar-refractivity contribution in [2.24, 2.45) is 0 Å². The van der Waals surface area contributed by atoms with Crippen molar-refractivity contribution in [2.45, 2.75) is 20.8 Å². The second-order valence-corrected chi connectivity index (χ2v) is 4.12. The van der Waals surface area contributed by atoms with Gasteiger partial charge in [0, 0.05) is 11.6 Å². The molecule has 17 heavy (non-hydrogen) atoms. The lowest BCUT2D eigenvalue weighted by Gasteiger charge is -2.09. The number of phenolic OH excluding ortho intramolecular Hbond substituents is 1. The Morgan fingerprint density at radius 3 is 2.53 bits per heavy atom. The molecule has 1 N–H and O–H groups in total. The van der Waals surface area contributed by atoms with E-state index < -0.39 is 5.82 Å². The number of aromatic nitrogens is 2. The molecule has 0 saturated heterocycles. The van der Waals surface area contributed by atoms with E-state index >= 15 is 0 Å². The van der Waals surface area contributed by atoms with Crippen molar-refractivity contribution < 1.29 is 9.50 Å². The first-order chi connectivity index (χ1) is 8.00. The average Bonchev–Trinajstić information content (AvgIpc) is 2.28. The lowest BCUT2D eigenvalue weighted by Crippen LogP contribution is -1.97. The lowest BCUT2D eigenvalue weighted by atomic mass is 10.0. The predicted molar refractivity (Wildman–Crippen MR) is 63.3 cm³/mol. The van der Waals surface area contributed by atoms with Gasteiger partial charge in [-0.05, 0) is 43.5 Å². The fourth-order valence-corrected chi connectivity index (χ4v) is 1.64. The van der Waals surface area contributed by atoms with Gasteiger partial charge in [-0.2, -0.15) is 10.2 Å². The molecule has 0 fully saturated rings. The summed E-state index contributed by atoms with van der Waals surface area (Å²) in [6, 6.07) is 2.69. The Morgan fingerprint density at radius 2 is 1.82 bits per heavy atom. The van der Waals surface area contributed by atoms with Crippen molar-refractivity contribution in [3.05, 3.63) is 40.8 Å². The summed E-state index contributed by atoms with van der Waals surface area (Å²) in [7, 11) is 0. The Balaban J connectivity index is 2.69. The van der Waals surface area contributed by atoms with Gasteiger partial charge in [-0.3, -0.25) is 0 Å². The number of phenols is 1. The van der Waals surface area contributed by atoms with Crippen LogP contribution in [0.5, 0.6) is 5.75 Å². The molecule has 0 aliphatic carbocycles. The van der Waals surface area contributed by atoms with Gasteiger partial charge in [0.1, 0.15) is 11.6 Å². The highest BCUT2D eigenvalue weighted by Gasteiger charge is 2.13. The summed E-state index contributed by atoms with van der Waals surface area (Å²) < 4.78 is 13.8. The molecule has 0 saturated carbocycles. The Bertz CT molecular complexity index is 582. The molecule has 0 atom stereocenters. The van der Waals surface area contributed by atoms with E-state index in [-0.39, 0.29) is 5.75 Å². The molecule has 0 spiro atoms. The van der Waals surface area contributed by atoms with Crippen molar-refractivity contribution in [1.82, 2.24) is 10.2 Å². The van der Waals surface area contributed by atoms with E-state index in [1.807, 2.05) is 13.8 Å². The quantitative estimate of drug-likeness (QED) is 0.822. The summed E-state index contributed by atoms with van der Waals surface area (Å²) in [5, 5.41) is 17.2. The Labute approximate surface area is 99.0 Å². The Kier molecular flexibility index (Phi) is 2.79. The van der Waals surface area contributed by atoms with Crippen molar-refractivity contribution in [1.29, 1.82) is 0 Å². The number of rotatable bonds is 1. The van der Waals surface area contributed by atoms with Crippen LogP contribution in [0.4, 0.5) is 4.39 Å². The second-order valence-electron chi connectivity index (χ2n) is 4.12. The maximum atomic E-state index is 13.8. The topological polar surface area (TPSA) is 46.0 Å². The van der Waals surface area contributed by atoms with Crippen molar-refractivity contribution in [2.75, 3.05) is 0 Å². The highest BCUT2D eigenvalue weighted by Crippen LogP contribution is 2.29. The molecule has 1 aromatic carbocycles. The number of hydrogen-bond acceptors (Lipinski definition) is 3. The molecule has 0 aliphatic rings. The molecule has 2 rings (SSSR count). The van der Waals surface area contributed by atoms with Crippen LogP contribution in [0.25, 0.3) is 11.3 Å². The second kappa shape index (κ2) is 4.13. The maximum absolute atomic E-state index is 13.8. The largest absolute Gasteiger partial charge is 0.508 e. The van der Waals surface area contributed by atoms with Gasteiger partial charge in [-0.15, -0.1) is 0 Å². The van der Waals surface area contributed by atoms with Gasteiger partial charge in [-0.25, -0.2) is 4.39 Å². The third-order valence-corrected chi connectivity index (χ3v) is 2.90. The first-order valence-electron chi connectivity index (χ1n) is 5.29. The number of halogens is 1. The summed E-state index contributed by atoms with van der Waals surface area (Å²) in [5.74, 6) is -0.541. The minimum absolute atomic E-state index is 0.0514. The molecule has 0 unspecified atom stereocenters. The van der Waals surface area contributed by atoms with Gasteiger partial charge in [-0.1, -0.05) is 0 Å². The van der Waals surface area contributed by atoms with Gasteiger partial charge in [0.25, 0.3) is 0 Å². The molecular formula is C13H13FN2O. The van der Waals surface area contributed by atoms with E-state index in [0.717, 1.165) is 17.2 Å². The summed E-state index contributed by atoms with van der Waals surface area (Å²) in [4.78, 5) is 0. The van der Waals surface area contributed by atoms with Crippen LogP contribution in [0.1, 0.15) is 16.7 Å². The van der Waals surface area contributed by atoms with Gasteiger partial charge >= 0.3 is 0 Å². The number of nitrogens with zero attached hydrogens (tertiary/aromatic N) is 2. The third kappa shape index (κ3) is 1.98. The monoisotopic (exact) mass is 232 g/mol. The van der Waals surface area contributed by atoms with Crippen molar-refractivity contribution in [3.63, 3.8) is 0 Å².